The van der Waals surface area contributed by atoms with Crippen LogP contribution in [0.5, 0.6) is 17.2 Å². The minimum Gasteiger partial charge on any atom is -0.493 e. The number of rotatable bonds is 11. The fourth-order valence-electron chi connectivity index (χ4n) is 4.88. The quantitative estimate of drug-likeness (QED) is 0.460. The number of amides is 2. The molecule has 0 saturated heterocycles. The number of carbonyl (C=O) groups excluding carboxylic acids is 2. The van der Waals surface area contributed by atoms with Crippen LogP contribution in [0.25, 0.3) is 0 Å². The zero-order valence-electron chi connectivity index (χ0n) is 21.6. The fraction of sp³-hybridized carbons (Fsp3) is 0.500. The second-order valence-corrected chi connectivity index (χ2v) is 9.00. The molecular formula is C28H38N2O5. The summed E-state index contributed by atoms with van der Waals surface area (Å²) in [4.78, 5) is 28.5. The normalized spacial score (nSPS) is 16.9. The van der Waals surface area contributed by atoms with Crippen LogP contribution in [-0.2, 0) is 11.2 Å². The van der Waals surface area contributed by atoms with Gasteiger partial charge in [-0.1, -0.05) is 50.5 Å². The Kier molecular flexibility index (Phi) is 9.40. The standard InChI is InChI=1S/C28H38N2O5/c1-6-7-8-9-14-26(31)30-19(2)15-20-12-10-11-13-22(20)23(30)18-29-28(32)21-16-24(33-3)27(35-5)25(17-21)34-4/h10-13,16-17,19,23H,6-9,14-15,18H2,1-5H3,(H,29,32). The van der Waals surface area contributed by atoms with E-state index in [1.807, 2.05) is 17.0 Å². The molecule has 0 fully saturated rings. The molecule has 1 aliphatic rings. The van der Waals surface area contributed by atoms with Gasteiger partial charge in [0, 0.05) is 24.6 Å². The van der Waals surface area contributed by atoms with Crippen molar-refractivity contribution in [2.24, 2.45) is 0 Å². The molecule has 1 aliphatic heterocycles. The van der Waals surface area contributed by atoms with Crippen LogP contribution in [0.3, 0.4) is 0 Å². The van der Waals surface area contributed by atoms with Crippen LogP contribution in [0.4, 0.5) is 0 Å². The lowest BCUT2D eigenvalue weighted by molar-refractivity contribution is -0.136. The molecule has 0 saturated carbocycles. The van der Waals surface area contributed by atoms with Crippen molar-refractivity contribution in [1.82, 2.24) is 10.2 Å². The molecule has 2 unspecified atom stereocenters. The van der Waals surface area contributed by atoms with Gasteiger partial charge in [-0.25, -0.2) is 0 Å². The summed E-state index contributed by atoms with van der Waals surface area (Å²) in [5.74, 6) is 1.14. The molecule has 7 heteroatoms. The Morgan fingerprint density at radius 2 is 1.69 bits per heavy atom. The molecule has 2 aromatic rings. The van der Waals surface area contributed by atoms with E-state index in [1.165, 1.54) is 26.9 Å². The summed E-state index contributed by atoms with van der Waals surface area (Å²) in [6.07, 6.45) is 5.57. The van der Waals surface area contributed by atoms with Gasteiger partial charge < -0.3 is 24.4 Å². The van der Waals surface area contributed by atoms with Crippen LogP contribution in [0, 0.1) is 0 Å². The predicted octanol–water partition coefficient (Wildman–Crippen LogP) is 4.93. The second-order valence-electron chi connectivity index (χ2n) is 9.00. The first-order valence-electron chi connectivity index (χ1n) is 12.4. The molecular weight excluding hydrogens is 444 g/mol. The second kappa shape index (κ2) is 12.5. The minimum absolute atomic E-state index is 0.0617. The van der Waals surface area contributed by atoms with Crippen molar-refractivity contribution in [1.29, 1.82) is 0 Å². The first-order chi connectivity index (χ1) is 16.9. The molecule has 0 aliphatic carbocycles. The predicted molar refractivity (Wildman–Crippen MR) is 136 cm³/mol. The van der Waals surface area contributed by atoms with Gasteiger partial charge >= 0.3 is 0 Å². The van der Waals surface area contributed by atoms with E-state index < -0.39 is 0 Å². The number of carbonyl (C=O) groups is 2. The smallest absolute Gasteiger partial charge is 0.251 e. The summed E-state index contributed by atoms with van der Waals surface area (Å²) in [7, 11) is 4.56. The highest BCUT2D eigenvalue weighted by Gasteiger charge is 2.35. The number of nitrogens with one attached hydrogen (secondary N) is 1. The molecule has 2 amide bonds. The zero-order chi connectivity index (χ0) is 25.4. The van der Waals surface area contributed by atoms with Crippen LogP contribution in [0.1, 0.15) is 73.5 Å². The zero-order valence-corrected chi connectivity index (χ0v) is 21.6. The summed E-state index contributed by atoms with van der Waals surface area (Å²) in [6, 6.07) is 11.3. The monoisotopic (exact) mass is 482 g/mol. The van der Waals surface area contributed by atoms with Gasteiger partial charge in [-0.3, -0.25) is 9.59 Å². The molecule has 0 bridgehead atoms. The Bertz CT molecular complexity index is 997. The number of fused-ring (bicyclic) bond motifs is 1. The van der Waals surface area contributed by atoms with Crippen molar-refractivity contribution in [3.05, 3.63) is 53.1 Å². The van der Waals surface area contributed by atoms with Crippen LogP contribution < -0.4 is 19.5 Å². The van der Waals surface area contributed by atoms with Gasteiger partial charge in [0.05, 0.1) is 27.4 Å². The van der Waals surface area contributed by atoms with Gasteiger partial charge in [0.25, 0.3) is 5.91 Å². The van der Waals surface area contributed by atoms with Crippen molar-refractivity contribution >= 4 is 11.8 Å². The van der Waals surface area contributed by atoms with Gasteiger partial charge in [-0.15, -0.1) is 0 Å². The van der Waals surface area contributed by atoms with Crippen molar-refractivity contribution < 1.29 is 23.8 Å². The topological polar surface area (TPSA) is 77.1 Å². The molecule has 0 aromatic heterocycles. The van der Waals surface area contributed by atoms with Crippen LogP contribution in [0.15, 0.2) is 36.4 Å². The summed E-state index contributed by atoms with van der Waals surface area (Å²) in [5.41, 5.74) is 2.72. The Morgan fingerprint density at radius 1 is 1.00 bits per heavy atom. The van der Waals surface area contributed by atoms with E-state index in [0.717, 1.165) is 37.7 Å². The molecule has 1 N–H and O–H groups in total. The highest BCUT2D eigenvalue weighted by Crippen LogP contribution is 2.38. The molecule has 35 heavy (non-hydrogen) atoms. The maximum Gasteiger partial charge on any atom is 0.251 e. The average Bonchev–Trinajstić information content (AvgIpc) is 2.88. The third-order valence-corrected chi connectivity index (χ3v) is 6.66. The lowest BCUT2D eigenvalue weighted by Gasteiger charge is -2.42. The number of methoxy groups -OCH3 is 3. The lowest BCUT2D eigenvalue weighted by atomic mass is 9.88. The molecule has 3 rings (SSSR count). The Morgan fingerprint density at radius 3 is 2.31 bits per heavy atom. The Balaban J connectivity index is 1.82. The van der Waals surface area contributed by atoms with E-state index in [1.54, 1.807) is 12.1 Å². The summed E-state index contributed by atoms with van der Waals surface area (Å²) >= 11 is 0. The Labute approximate surface area is 208 Å². The molecule has 190 valence electrons. The number of hydrogen-bond acceptors (Lipinski definition) is 5. The third kappa shape index (κ3) is 6.08. The van der Waals surface area contributed by atoms with Crippen LogP contribution in [-0.4, -0.2) is 50.6 Å². The van der Waals surface area contributed by atoms with E-state index in [-0.39, 0.29) is 23.9 Å². The average molecular weight is 483 g/mol. The molecule has 2 atom stereocenters. The molecule has 2 aromatic carbocycles. The summed E-state index contributed by atoms with van der Waals surface area (Å²) in [6.45, 7) is 4.57. The van der Waals surface area contributed by atoms with Gasteiger partial charge in [0.2, 0.25) is 11.7 Å². The van der Waals surface area contributed by atoms with Crippen LogP contribution >= 0.6 is 0 Å². The van der Waals surface area contributed by atoms with Crippen molar-refractivity contribution in [3.63, 3.8) is 0 Å². The Hall–Kier alpha value is -3.22. The van der Waals surface area contributed by atoms with Crippen molar-refractivity contribution in [3.8, 4) is 17.2 Å². The minimum atomic E-state index is -0.268. The number of hydrogen-bond donors (Lipinski definition) is 1. The first kappa shape index (κ1) is 26.4. The summed E-state index contributed by atoms with van der Waals surface area (Å²) in [5, 5.41) is 3.05. The van der Waals surface area contributed by atoms with E-state index in [2.05, 4.69) is 31.3 Å². The van der Waals surface area contributed by atoms with Crippen LogP contribution in [0.2, 0.25) is 0 Å². The summed E-state index contributed by atoms with van der Waals surface area (Å²) < 4.78 is 16.1. The maximum atomic E-state index is 13.3. The van der Waals surface area contributed by atoms with Crippen molar-refractivity contribution in [2.75, 3.05) is 27.9 Å². The number of ether oxygens (including phenoxy) is 3. The molecule has 7 nitrogen and oxygen atoms in total. The maximum absolute atomic E-state index is 13.3. The number of benzene rings is 2. The first-order valence-corrected chi connectivity index (χ1v) is 12.4. The van der Waals surface area contributed by atoms with E-state index in [9.17, 15) is 9.59 Å². The van der Waals surface area contributed by atoms with E-state index in [4.69, 9.17) is 14.2 Å². The van der Waals surface area contributed by atoms with E-state index >= 15 is 0 Å². The van der Waals surface area contributed by atoms with Gasteiger partial charge in [-0.05, 0) is 43.0 Å². The lowest BCUT2D eigenvalue weighted by Crippen LogP contribution is -2.49. The number of nitrogens with zero attached hydrogens (tertiary/aromatic N) is 1. The van der Waals surface area contributed by atoms with Gasteiger partial charge in [-0.2, -0.15) is 0 Å². The van der Waals surface area contributed by atoms with E-state index in [0.29, 0.717) is 35.8 Å². The fourth-order valence-corrected chi connectivity index (χ4v) is 4.88. The third-order valence-electron chi connectivity index (χ3n) is 6.66. The molecule has 0 spiro atoms. The number of unbranched alkanes of at least 4 members (excludes halogenated alkanes) is 3. The SMILES string of the molecule is CCCCCCC(=O)N1C(C)Cc2ccccc2C1CNC(=O)c1cc(OC)c(OC)c(OC)c1. The molecule has 1 heterocycles. The highest BCUT2D eigenvalue weighted by atomic mass is 16.5. The largest absolute Gasteiger partial charge is 0.493 e. The highest BCUT2D eigenvalue weighted by molar-refractivity contribution is 5.95. The molecule has 0 radical (unpaired) electrons. The van der Waals surface area contributed by atoms with Gasteiger partial charge in [0.15, 0.2) is 11.5 Å². The van der Waals surface area contributed by atoms with Crippen molar-refractivity contribution in [2.45, 2.75) is 64.5 Å². The van der Waals surface area contributed by atoms with Gasteiger partial charge in [0.1, 0.15) is 0 Å².